The average molecular weight is 480 g/mol. The standard InChI is InChI=1S/C23H25N7O3S/c1-3-17(15-7-5-4-6-8-15)27-22(33)30-19(21(32)29(2)23-28-26-13-34-23)16(20(30)31)11-14-9-10-25-18(24)12-14/h4-10,12-13,16-17,19H,3,11H2,1-2H3,(H2,24,25)(H,27,33)/t16-,17?,19+/m1/s1. The zero-order valence-corrected chi connectivity index (χ0v) is 19.6. The normalized spacial score (nSPS) is 18.2. The van der Waals surface area contributed by atoms with Crippen molar-refractivity contribution in [3.05, 3.63) is 65.3 Å². The fraction of sp³-hybridized carbons (Fsp3) is 0.304. The van der Waals surface area contributed by atoms with Gasteiger partial charge in [-0.05, 0) is 36.1 Å². The van der Waals surface area contributed by atoms with Gasteiger partial charge in [-0.25, -0.2) is 9.78 Å². The molecule has 1 fully saturated rings. The van der Waals surface area contributed by atoms with Gasteiger partial charge >= 0.3 is 6.03 Å². The summed E-state index contributed by atoms with van der Waals surface area (Å²) < 4.78 is 0. The number of hydrogen-bond acceptors (Lipinski definition) is 8. The number of hydrogen-bond donors (Lipinski definition) is 2. The predicted octanol–water partition coefficient (Wildman–Crippen LogP) is 2.41. The molecule has 34 heavy (non-hydrogen) atoms. The highest BCUT2D eigenvalue weighted by molar-refractivity contribution is 7.13. The van der Waals surface area contributed by atoms with Gasteiger partial charge in [0.05, 0.1) is 12.0 Å². The molecule has 1 aliphatic rings. The van der Waals surface area contributed by atoms with E-state index in [1.807, 2.05) is 37.3 Å². The van der Waals surface area contributed by atoms with Gasteiger partial charge in [-0.15, -0.1) is 10.2 Å². The van der Waals surface area contributed by atoms with Crippen molar-refractivity contribution < 1.29 is 14.4 Å². The van der Waals surface area contributed by atoms with Crippen LogP contribution in [0.1, 0.15) is 30.5 Å². The quantitative estimate of drug-likeness (QED) is 0.497. The molecule has 11 heteroatoms. The van der Waals surface area contributed by atoms with E-state index in [4.69, 9.17) is 5.73 Å². The van der Waals surface area contributed by atoms with E-state index in [1.54, 1.807) is 25.4 Å². The number of pyridine rings is 1. The molecular weight excluding hydrogens is 454 g/mol. The molecule has 0 radical (unpaired) electrons. The van der Waals surface area contributed by atoms with Gasteiger partial charge < -0.3 is 11.1 Å². The summed E-state index contributed by atoms with van der Waals surface area (Å²) in [5.74, 6) is -1.22. The molecule has 3 heterocycles. The summed E-state index contributed by atoms with van der Waals surface area (Å²) in [7, 11) is 1.56. The predicted molar refractivity (Wildman–Crippen MR) is 128 cm³/mol. The molecule has 0 saturated carbocycles. The SMILES string of the molecule is CCC(NC(=O)N1C(=O)[C@H](Cc2ccnc(N)c2)[C@H]1C(=O)N(C)c1nncs1)c1ccccc1. The second-order valence-corrected chi connectivity index (χ2v) is 8.80. The van der Waals surface area contributed by atoms with Crippen LogP contribution in [0.4, 0.5) is 15.7 Å². The van der Waals surface area contributed by atoms with Gasteiger partial charge in [0, 0.05) is 13.2 Å². The lowest BCUT2D eigenvalue weighted by atomic mass is 9.81. The molecule has 176 valence electrons. The molecule has 10 nitrogen and oxygen atoms in total. The van der Waals surface area contributed by atoms with E-state index in [-0.39, 0.29) is 12.5 Å². The van der Waals surface area contributed by atoms with Crippen molar-refractivity contribution in [2.75, 3.05) is 17.7 Å². The van der Waals surface area contributed by atoms with Crippen LogP contribution in [0.15, 0.2) is 54.2 Å². The minimum Gasteiger partial charge on any atom is -0.384 e. The number of β-lactam (4-membered cyclic amide) rings is 1. The second kappa shape index (κ2) is 9.96. The Balaban J connectivity index is 1.58. The highest BCUT2D eigenvalue weighted by atomic mass is 32.1. The smallest absolute Gasteiger partial charge is 0.325 e. The van der Waals surface area contributed by atoms with Gasteiger partial charge in [-0.1, -0.05) is 48.6 Å². The lowest BCUT2D eigenvalue weighted by Crippen LogP contribution is -2.70. The number of likely N-dealkylation sites (tertiary alicyclic amines) is 1. The van der Waals surface area contributed by atoms with E-state index in [0.29, 0.717) is 17.4 Å². The maximum atomic E-state index is 13.4. The molecular formula is C23H25N7O3S. The molecule has 4 amide bonds. The molecule has 3 atom stereocenters. The first-order valence-corrected chi connectivity index (χ1v) is 11.7. The van der Waals surface area contributed by atoms with Crippen LogP contribution in [-0.4, -0.2) is 51.0 Å². The molecule has 3 N–H and O–H groups in total. The Kier molecular flexibility index (Phi) is 6.82. The van der Waals surface area contributed by atoms with Crippen LogP contribution in [0, 0.1) is 5.92 Å². The fourth-order valence-electron chi connectivity index (χ4n) is 4.06. The molecule has 1 saturated heterocycles. The van der Waals surface area contributed by atoms with Crippen LogP contribution < -0.4 is 16.0 Å². The number of likely N-dealkylation sites (N-methyl/N-ethyl adjacent to an activating group) is 1. The summed E-state index contributed by atoms with van der Waals surface area (Å²) in [6.07, 6.45) is 2.43. The Morgan fingerprint density at radius 2 is 2.03 bits per heavy atom. The summed E-state index contributed by atoms with van der Waals surface area (Å²) in [6, 6.07) is 11.0. The summed E-state index contributed by atoms with van der Waals surface area (Å²) in [6.45, 7) is 1.94. The summed E-state index contributed by atoms with van der Waals surface area (Å²) in [5.41, 5.74) is 8.97. The lowest BCUT2D eigenvalue weighted by molar-refractivity contribution is -0.156. The number of carbonyl (C=O) groups excluding carboxylic acids is 3. The summed E-state index contributed by atoms with van der Waals surface area (Å²) in [5, 5.41) is 11.0. The van der Waals surface area contributed by atoms with E-state index in [2.05, 4.69) is 20.5 Å². The number of benzene rings is 1. The number of imide groups is 1. The van der Waals surface area contributed by atoms with Crippen molar-refractivity contribution in [2.45, 2.75) is 31.8 Å². The largest absolute Gasteiger partial charge is 0.384 e. The number of anilines is 2. The minimum absolute atomic E-state index is 0.256. The topological polar surface area (TPSA) is 134 Å². The lowest BCUT2D eigenvalue weighted by Gasteiger charge is -2.45. The van der Waals surface area contributed by atoms with E-state index in [9.17, 15) is 14.4 Å². The zero-order valence-electron chi connectivity index (χ0n) is 18.8. The van der Waals surface area contributed by atoms with Gasteiger partial charge in [0.1, 0.15) is 17.4 Å². The third-order valence-electron chi connectivity index (χ3n) is 5.86. The summed E-state index contributed by atoms with van der Waals surface area (Å²) in [4.78, 5) is 46.1. The van der Waals surface area contributed by atoms with Crippen LogP contribution >= 0.6 is 11.3 Å². The Labute approximate surface area is 200 Å². The van der Waals surface area contributed by atoms with Gasteiger partial charge in [0.2, 0.25) is 11.0 Å². The molecule has 2 aromatic heterocycles. The molecule has 0 aliphatic carbocycles. The van der Waals surface area contributed by atoms with Gasteiger partial charge in [-0.2, -0.15) is 0 Å². The maximum absolute atomic E-state index is 13.4. The van der Waals surface area contributed by atoms with Gasteiger partial charge in [-0.3, -0.25) is 19.4 Å². The first-order valence-electron chi connectivity index (χ1n) is 10.8. The number of nitrogen functional groups attached to an aromatic ring is 1. The highest BCUT2D eigenvalue weighted by Crippen LogP contribution is 2.33. The number of nitrogens with zero attached hydrogens (tertiary/aromatic N) is 5. The maximum Gasteiger partial charge on any atom is 0.325 e. The number of aromatic nitrogens is 3. The Bertz CT molecular complexity index is 1170. The van der Waals surface area contributed by atoms with Crippen molar-refractivity contribution in [1.82, 2.24) is 25.4 Å². The van der Waals surface area contributed by atoms with Crippen molar-refractivity contribution in [1.29, 1.82) is 0 Å². The van der Waals surface area contributed by atoms with Crippen molar-refractivity contribution in [3.63, 3.8) is 0 Å². The highest BCUT2D eigenvalue weighted by Gasteiger charge is 2.55. The van der Waals surface area contributed by atoms with E-state index < -0.39 is 29.8 Å². The van der Waals surface area contributed by atoms with Crippen LogP contribution in [0.2, 0.25) is 0 Å². The van der Waals surface area contributed by atoms with Crippen LogP contribution in [0.3, 0.4) is 0 Å². The van der Waals surface area contributed by atoms with Crippen molar-refractivity contribution in [2.24, 2.45) is 5.92 Å². The van der Waals surface area contributed by atoms with Crippen molar-refractivity contribution >= 4 is 40.1 Å². The first kappa shape index (κ1) is 23.3. The monoisotopic (exact) mass is 479 g/mol. The molecule has 0 bridgehead atoms. The molecule has 4 rings (SSSR count). The minimum atomic E-state index is -0.982. The van der Waals surface area contributed by atoms with E-state index in [1.165, 1.54) is 21.7 Å². The number of rotatable bonds is 7. The number of amides is 4. The van der Waals surface area contributed by atoms with Crippen LogP contribution in [0.25, 0.3) is 0 Å². The molecule has 1 aromatic carbocycles. The molecule has 3 aromatic rings. The molecule has 1 unspecified atom stereocenters. The second-order valence-electron chi connectivity index (χ2n) is 7.99. The third-order valence-corrected chi connectivity index (χ3v) is 6.63. The summed E-state index contributed by atoms with van der Waals surface area (Å²) >= 11 is 1.19. The number of carbonyl (C=O) groups is 3. The third kappa shape index (κ3) is 4.60. The van der Waals surface area contributed by atoms with Gasteiger partial charge in [0.15, 0.2) is 0 Å². The number of nitrogens with one attached hydrogen (secondary N) is 1. The fourth-order valence-corrected chi connectivity index (χ4v) is 4.59. The van der Waals surface area contributed by atoms with Crippen molar-refractivity contribution in [3.8, 4) is 0 Å². The van der Waals surface area contributed by atoms with E-state index in [0.717, 1.165) is 16.0 Å². The van der Waals surface area contributed by atoms with Crippen LogP contribution in [-0.2, 0) is 16.0 Å². The first-order chi connectivity index (χ1) is 16.4. The average Bonchev–Trinajstić information content (AvgIpc) is 3.39. The Morgan fingerprint density at radius 1 is 1.26 bits per heavy atom. The molecule has 0 spiro atoms. The number of urea groups is 1. The van der Waals surface area contributed by atoms with Crippen LogP contribution in [0.5, 0.6) is 0 Å². The Morgan fingerprint density at radius 3 is 2.68 bits per heavy atom. The van der Waals surface area contributed by atoms with Gasteiger partial charge in [0.25, 0.3) is 5.91 Å². The van der Waals surface area contributed by atoms with E-state index >= 15 is 0 Å². The molecule has 1 aliphatic heterocycles. The Hall–Kier alpha value is -3.86. The number of nitrogens with two attached hydrogens (primary N) is 1. The zero-order chi connectivity index (χ0) is 24.2.